The molecule has 1 aromatic rings. The predicted octanol–water partition coefficient (Wildman–Crippen LogP) is 0.321. The van der Waals surface area contributed by atoms with Crippen LogP contribution in [0.3, 0.4) is 0 Å². The van der Waals surface area contributed by atoms with Gasteiger partial charge in [-0.15, -0.1) is 0 Å². The van der Waals surface area contributed by atoms with Crippen LogP contribution in [-0.4, -0.2) is 28.1 Å². The van der Waals surface area contributed by atoms with Gasteiger partial charge in [0.1, 0.15) is 10.6 Å². The van der Waals surface area contributed by atoms with Crippen molar-refractivity contribution in [1.82, 2.24) is 4.72 Å². The molecule has 0 fully saturated rings. The second-order valence-electron chi connectivity index (χ2n) is 3.48. The minimum Gasteiger partial charge on any atom is -0.495 e. The molecule has 0 aliphatic rings. The van der Waals surface area contributed by atoms with Crippen molar-refractivity contribution in [2.24, 2.45) is 5.73 Å². The topological polar surface area (TPSA) is 81.4 Å². The fraction of sp³-hybridized carbons (Fsp3) is 0.400. The van der Waals surface area contributed by atoms with Gasteiger partial charge in [-0.25, -0.2) is 13.1 Å². The van der Waals surface area contributed by atoms with Crippen LogP contribution in [0.2, 0.25) is 0 Å². The lowest BCUT2D eigenvalue weighted by Crippen LogP contribution is -2.35. The molecule has 0 saturated carbocycles. The zero-order valence-electron chi connectivity index (χ0n) is 9.30. The molecule has 1 atom stereocenters. The standard InChI is InChI=1S/C10H16N2O3S/c1-8(11)7-12-16(13,14)10-6-4-3-5-9(10)15-2/h3-6,8,12H,7,11H2,1-2H3. The molecule has 3 N–H and O–H groups in total. The lowest BCUT2D eigenvalue weighted by molar-refractivity contribution is 0.402. The van der Waals surface area contributed by atoms with Crippen LogP contribution in [0, 0.1) is 0 Å². The number of benzene rings is 1. The van der Waals surface area contributed by atoms with Gasteiger partial charge >= 0.3 is 0 Å². The molecule has 0 radical (unpaired) electrons. The molecule has 5 nitrogen and oxygen atoms in total. The highest BCUT2D eigenvalue weighted by Crippen LogP contribution is 2.22. The first-order chi connectivity index (χ1) is 7.47. The molecule has 0 spiro atoms. The van der Waals surface area contributed by atoms with Crippen LogP contribution in [0.4, 0.5) is 0 Å². The van der Waals surface area contributed by atoms with E-state index in [2.05, 4.69) is 4.72 Å². The van der Waals surface area contributed by atoms with Crippen molar-refractivity contribution in [3.63, 3.8) is 0 Å². The highest BCUT2D eigenvalue weighted by Gasteiger charge is 2.18. The molecule has 1 aromatic carbocycles. The smallest absolute Gasteiger partial charge is 0.244 e. The lowest BCUT2D eigenvalue weighted by atomic mass is 10.3. The monoisotopic (exact) mass is 244 g/mol. The minimum atomic E-state index is -3.55. The van der Waals surface area contributed by atoms with Crippen molar-refractivity contribution in [2.75, 3.05) is 13.7 Å². The summed E-state index contributed by atoms with van der Waals surface area (Å²) in [6, 6.07) is 6.21. The Morgan fingerprint density at radius 3 is 2.62 bits per heavy atom. The third-order valence-corrected chi connectivity index (χ3v) is 3.42. The SMILES string of the molecule is COc1ccccc1S(=O)(=O)NCC(C)N. The third-order valence-electron chi connectivity index (χ3n) is 1.95. The number of hydrogen-bond acceptors (Lipinski definition) is 4. The predicted molar refractivity (Wildman–Crippen MR) is 61.8 cm³/mol. The quantitative estimate of drug-likeness (QED) is 0.781. The molecule has 0 aromatic heterocycles. The number of para-hydroxylation sites is 1. The fourth-order valence-electron chi connectivity index (χ4n) is 1.16. The molecule has 0 saturated heterocycles. The molecular weight excluding hydrogens is 228 g/mol. The van der Waals surface area contributed by atoms with Crippen molar-refractivity contribution in [3.05, 3.63) is 24.3 Å². The normalized spacial score (nSPS) is 13.4. The van der Waals surface area contributed by atoms with Gasteiger partial charge in [-0.05, 0) is 19.1 Å². The van der Waals surface area contributed by atoms with Gasteiger partial charge < -0.3 is 10.5 Å². The number of rotatable bonds is 5. The van der Waals surface area contributed by atoms with Gasteiger partial charge in [0.2, 0.25) is 10.0 Å². The zero-order chi connectivity index (χ0) is 12.2. The summed E-state index contributed by atoms with van der Waals surface area (Å²) in [7, 11) is -2.12. The van der Waals surface area contributed by atoms with Crippen molar-refractivity contribution >= 4 is 10.0 Å². The number of nitrogens with one attached hydrogen (secondary N) is 1. The molecule has 0 aliphatic heterocycles. The van der Waals surface area contributed by atoms with Crippen molar-refractivity contribution < 1.29 is 13.2 Å². The van der Waals surface area contributed by atoms with E-state index in [1.165, 1.54) is 13.2 Å². The van der Waals surface area contributed by atoms with E-state index < -0.39 is 10.0 Å². The van der Waals surface area contributed by atoms with Crippen LogP contribution >= 0.6 is 0 Å². The molecule has 1 rings (SSSR count). The maximum absolute atomic E-state index is 11.9. The van der Waals surface area contributed by atoms with Gasteiger partial charge in [-0.2, -0.15) is 0 Å². The van der Waals surface area contributed by atoms with E-state index in [9.17, 15) is 8.42 Å². The summed E-state index contributed by atoms with van der Waals surface area (Å²) < 4.78 is 31.1. The van der Waals surface area contributed by atoms with Crippen molar-refractivity contribution in [3.8, 4) is 5.75 Å². The Hall–Kier alpha value is -1.11. The van der Waals surface area contributed by atoms with Gasteiger partial charge in [0, 0.05) is 12.6 Å². The highest BCUT2D eigenvalue weighted by atomic mass is 32.2. The van der Waals surface area contributed by atoms with Crippen LogP contribution in [0.5, 0.6) is 5.75 Å². The highest BCUT2D eigenvalue weighted by molar-refractivity contribution is 7.89. The summed E-state index contributed by atoms with van der Waals surface area (Å²) in [6.07, 6.45) is 0. The molecule has 90 valence electrons. The summed E-state index contributed by atoms with van der Waals surface area (Å²) >= 11 is 0. The maximum Gasteiger partial charge on any atom is 0.244 e. The fourth-order valence-corrected chi connectivity index (χ4v) is 2.47. The molecule has 6 heteroatoms. The molecule has 0 bridgehead atoms. The van der Waals surface area contributed by atoms with Crippen LogP contribution in [0.1, 0.15) is 6.92 Å². The Morgan fingerprint density at radius 1 is 1.44 bits per heavy atom. The maximum atomic E-state index is 11.9. The summed E-state index contributed by atoms with van der Waals surface area (Å²) in [5.74, 6) is 0.319. The van der Waals surface area contributed by atoms with E-state index in [1.54, 1.807) is 25.1 Å². The Morgan fingerprint density at radius 2 is 2.06 bits per heavy atom. The number of sulfonamides is 1. The van der Waals surface area contributed by atoms with Crippen molar-refractivity contribution in [2.45, 2.75) is 17.9 Å². The van der Waals surface area contributed by atoms with E-state index in [0.29, 0.717) is 5.75 Å². The first-order valence-electron chi connectivity index (χ1n) is 4.85. The first kappa shape index (κ1) is 13.0. The van der Waals surface area contributed by atoms with Gasteiger partial charge in [0.25, 0.3) is 0 Å². The molecule has 0 heterocycles. The van der Waals surface area contributed by atoms with Gasteiger partial charge in [0.15, 0.2) is 0 Å². The van der Waals surface area contributed by atoms with E-state index in [1.807, 2.05) is 0 Å². The summed E-state index contributed by atoms with van der Waals surface area (Å²) in [5, 5.41) is 0. The molecule has 1 unspecified atom stereocenters. The average molecular weight is 244 g/mol. The van der Waals surface area contributed by atoms with Gasteiger partial charge in [-0.3, -0.25) is 0 Å². The number of methoxy groups -OCH3 is 1. The third kappa shape index (κ3) is 3.19. The Balaban J connectivity index is 2.98. The van der Waals surface area contributed by atoms with Crippen molar-refractivity contribution in [1.29, 1.82) is 0 Å². The van der Waals surface area contributed by atoms with E-state index in [-0.39, 0.29) is 17.5 Å². The minimum absolute atomic E-state index is 0.123. The Labute approximate surface area is 95.7 Å². The molecule has 16 heavy (non-hydrogen) atoms. The van der Waals surface area contributed by atoms with Crippen LogP contribution in [-0.2, 0) is 10.0 Å². The summed E-state index contributed by atoms with van der Waals surface area (Å²) in [6.45, 7) is 1.92. The van der Waals surface area contributed by atoms with Crippen LogP contribution in [0.15, 0.2) is 29.2 Å². The van der Waals surface area contributed by atoms with E-state index in [4.69, 9.17) is 10.5 Å². The second-order valence-corrected chi connectivity index (χ2v) is 5.22. The zero-order valence-corrected chi connectivity index (χ0v) is 10.1. The second kappa shape index (κ2) is 5.29. The van der Waals surface area contributed by atoms with Gasteiger partial charge in [0.05, 0.1) is 7.11 Å². The van der Waals surface area contributed by atoms with Gasteiger partial charge in [-0.1, -0.05) is 12.1 Å². The first-order valence-corrected chi connectivity index (χ1v) is 6.34. The van der Waals surface area contributed by atoms with E-state index in [0.717, 1.165) is 0 Å². The lowest BCUT2D eigenvalue weighted by Gasteiger charge is -2.11. The molecule has 0 aliphatic carbocycles. The summed E-state index contributed by atoms with van der Waals surface area (Å²) in [5.41, 5.74) is 5.49. The Kier molecular flexibility index (Phi) is 4.28. The number of hydrogen-bond donors (Lipinski definition) is 2. The Bertz CT molecular complexity index is 443. The number of nitrogens with two attached hydrogens (primary N) is 1. The summed E-state index contributed by atoms with van der Waals surface area (Å²) in [4.78, 5) is 0.123. The molecule has 0 amide bonds. The van der Waals surface area contributed by atoms with E-state index >= 15 is 0 Å². The van der Waals surface area contributed by atoms with Crippen LogP contribution in [0.25, 0.3) is 0 Å². The average Bonchev–Trinajstić information content (AvgIpc) is 2.26. The number of ether oxygens (including phenoxy) is 1. The largest absolute Gasteiger partial charge is 0.495 e. The van der Waals surface area contributed by atoms with Crippen LogP contribution < -0.4 is 15.2 Å². The molecular formula is C10H16N2O3S.